The summed E-state index contributed by atoms with van der Waals surface area (Å²) in [5, 5.41) is 3.39. The van der Waals surface area contributed by atoms with Crippen molar-refractivity contribution in [1.29, 1.82) is 0 Å². The van der Waals surface area contributed by atoms with Gasteiger partial charge in [-0.05, 0) is 19.2 Å². The Bertz CT molecular complexity index is 620. The minimum absolute atomic E-state index is 0.280. The van der Waals surface area contributed by atoms with Crippen LogP contribution in [-0.2, 0) is 5.60 Å². The number of aromatic nitrogens is 2. The van der Waals surface area contributed by atoms with Crippen molar-refractivity contribution >= 4 is 0 Å². The second-order valence-corrected chi connectivity index (χ2v) is 5.13. The van der Waals surface area contributed by atoms with Crippen LogP contribution in [0.4, 0.5) is 0 Å². The Hall–Kier alpha value is -1.94. The maximum atomic E-state index is 6.36. The molecule has 96 valence electrons. The topological polar surface area (TPSA) is 47.0 Å². The van der Waals surface area contributed by atoms with Crippen LogP contribution in [0.15, 0.2) is 36.8 Å². The van der Waals surface area contributed by atoms with Gasteiger partial charge in [-0.2, -0.15) is 0 Å². The fourth-order valence-electron chi connectivity index (χ4n) is 3.10. The molecule has 1 N–H and O–H groups in total. The molecule has 1 aromatic carbocycles. The summed E-state index contributed by atoms with van der Waals surface area (Å²) >= 11 is 0. The molecule has 1 saturated heterocycles. The number of benzene rings is 1. The molecule has 2 aliphatic heterocycles. The highest BCUT2D eigenvalue weighted by Crippen LogP contribution is 2.47. The number of para-hydroxylation sites is 1. The lowest BCUT2D eigenvalue weighted by molar-refractivity contribution is 0.0263. The van der Waals surface area contributed by atoms with Crippen LogP contribution in [-0.4, -0.2) is 23.1 Å². The molecule has 0 aliphatic carbocycles. The molecule has 19 heavy (non-hydrogen) atoms. The number of ether oxygens (including phenoxy) is 1. The van der Waals surface area contributed by atoms with Gasteiger partial charge in [-0.1, -0.05) is 18.2 Å². The molecule has 4 heteroatoms. The highest BCUT2D eigenvalue weighted by molar-refractivity contribution is 5.74. The smallest absolute Gasteiger partial charge is 0.154 e. The lowest BCUT2D eigenvalue weighted by Gasteiger charge is -2.41. The van der Waals surface area contributed by atoms with E-state index in [4.69, 9.17) is 4.74 Å². The van der Waals surface area contributed by atoms with Gasteiger partial charge in [0.1, 0.15) is 12.1 Å². The maximum Gasteiger partial charge on any atom is 0.154 e. The van der Waals surface area contributed by atoms with E-state index in [2.05, 4.69) is 21.4 Å². The van der Waals surface area contributed by atoms with E-state index in [1.54, 1.807) is 6.33 Å². The van der Waals surface area contributed by atoms with Gasteiger partial charge in [0.15, 0.2) is 5.60 Å². The molecule has 0 radical (unpaired) electrons. The predicted octanol–water partition coefficient (Wildman–Crippen LogP) is 2.11. The molecule has 1 aromatic heterocycles. The van der Waals surface area contributed by atoms with Crippen LogP contribution in [0.5, 0.6) is 5.75 Å². The summed E-state index contributed by atoms with van der Waals surface area (Å²) in [6, 6.07) is 8.16. The van der Waals surface area contributed by atoms with E-state index in [0.717, 1.165) is 48.5 Å². The molecule has 0 unspecified atom stereocenters. The summed E-state index contributed by atoms with van der Waals surface area (Å²) in [6.45, 7) is 1.93. The number of rotatable bonds is 0. The molecule has 0 bridgehead atoms. The first kappa shape index (κ1) is 10.9. The van der Waals surface area contributed by atoms with Crippen LogP contribution in [0.1, 0.15) is 18.5 Å². The van der Waals surface area contributed by atoms with Crippen molar-refractivity contribution in [2.75, 3.05) is 13.1 Å². The first-order valence-electron chi connectivity index (χ1n) is 6.69. The zero-order valence-corrected chi connectivity index (χ0v) is 10.6. The number of nitrogens with one attached hydrogen (secondary N) is 1. The zero-order chi connectivity index (χ0) is 12.7. The molecule has 0 atom stereocenters. The molecule has 0 amide bonds. The van der Waals surface area contributed by atoms with Gasteiger partial charge in [-0.25, -0.2) is 9.97 Å². The second kappa shape index (κ2) is 4.03. The standard InChI is InChI=1S/C15H15N3O/c1-2-4-13-11(3-1)12-9-17-10-18-14(12)15(19-13)5-7-16-8-6-15/h1-4,9-10,16H,5-8H2. The van der Waals surface area contributed by atoms with Crippen molar-refractivity contribution in [1.82, 2.24) is 15.3 Å². The fraction of sp³-hybridized carbons (Fsp3) is 0.333. The van der Waals surface area contributed by atoms with Gasteiger partial charge < -0.3 is 10.1 Å². The molecule has 1 spiro atoms. The highest BCUT2D eigenvalue weighted by atomic mass is 16.5. The summed E-state index contributed by atoms with van der Waals surface area (Å²) in [5.41, 5.74) is 2.98. The Morgan fingerprint density at radius 1 is 1.11 bits per heavy atom. The average Bonchev–Trinajstić information content (AvgIpc) is 2.49. The quantitative estimate of drug-likeness (QED) is 0.781. The molecule has 2 aliphatic rings. The Labute approximate surface area is 111 Å². The molecule has 0 saturated carbocycles. The van der Waals surface area contributed by atoms with E-state index in [1.807, 2.05) is 24.4 Å². The van der Waals surface area contributed by atoms with Gasteiger partial charge >= 0.3 is 0 Å². The summed E-state index contributed by atoms with van der Waals surface area (Å²) in [7, 11) is 0. The van der Waals surface area contributed by atoms with Crippen LogP contribution in [0.3, 0.4) is 0 Å². The minimum atomic E-state index is -0.280. The minimum Gasteiger partial charge on any atom is -0.480 e. The van der Waals surface area contributed by atoms with Gasteiger partial charge in [0, 0.05) is 30.2 Å². The summed E-state index contributed by atoms with van der Waals surface area (Å²) in [4.78, 5) is 8.72. The third-order valence-electron chi connectivity index (χ3n) is 4.04. The van der Waals surface area contributed by atoms with Crippen molar-refractivity contribution in [3.8, 4) is 16.9 Å². The monoisotopic (exact) mass is 253 g/mol. The van der Waals surface area contributed by atoms with Crippen molar-refractivity contribution in [2.24, 2.45) is 0 Å². The van der Waals surface area contributed by atoms with Gasteiger partial charge in [0.2, 0.25) is 0 Å². The summed E-state index contributed by atoms with van der Waals surface area (Å²) < 4.78 is 6.36. The Kier molecular flexibility index (Phi) is 2.32. The number of piperidine rings is 1. The lowest BCUT2D eigenvalue weighted by Crippen LogP contribution is -2.46. The number of nitrogens with zero attached hydrogens (tertiary/aromatic N) is 2. The molecular weight excluding hydrogens is 238 g/mol. The summed E-state index contributed by atoms with van der Waals surface area (Å²) in [6.07, 6.45) is 5.43. The first-order chi connectivity index (χ1) is 9.39. The Morgan fingerprint density at radius 3 is 2.84 bits per heavy atom. The fourth-order valence-corrected chi connectivity index (χ4v) is 3.10. The molecule has 2 aromatic rings. The SMILES string of the molecule is c1ccc2c(c1)OC1(CCNCC1)c1ncncc1-2. The van der Waals surface area contributed by atoms with E-state index in [-0.39, 0.29) is 5.60 Å². The van der Waals surface area contributed by atoms with Gasteiger partial charge in [0.05, 0.1) is 5.69 Å². The van der Waals surface area contributed by atoms with E-state index < -0.39 is 0 Å². The molecule has 4 rings (SSSR count). The zero-order valence-electron chi connectivity index (χ0n) is 10.6. The van der Waals surface area contributed by atoms with Gasteiger partial charge in [-0.3, -0.25) is 0 Å². The third kappa shape index (κ3) is 1.56. The van der Waals surface area contributed by atoms with Crippen LogP contribution in [0, 0.1) is 0 Å². The maximum absolute atomic E-state index is 6.36. The first-order valence-corrected chi connectivity index (χ1v) is 6.69. The van der Waals surface area contributed by atoms with Crippen molar-refractivity contribution in [3.63, 3.8) is 0 Å². The van der Waals surface area contributed by atoms with Crippen molar-refractivity contribution < 1.29 is 4.74 Å². The van der Waals surface area contributed by atoms with Crippen molar-refractivity contribution in [3.05, 3.63) is 42.5 Å². The third-order valence-corrected chi connectivity index (χ3v) is 4.04. The highest BCUT2D eigenvalue weighted by Gasteiger charge is 2.43. The van der Waals surface area contributed by atoms with Gasteiger partial charge in [-0.15, -0.1) is 0 Å². The number of hydrogen-bond acceptors (Lipinski definition) is 4. The van der Waals surface area contributed by atoms with Crippen LogP contribution in [0.2, 0.25) is 0 Å². The second-order valence-electron chi connectivity index (χ2n) is 5.13. The van der Waals surface area contributed by atoms with Crippen LogP contribution < -0.4 is 10.1 Å². The Balaban J connectivity index is 1.95. The number of fused-ring (bicyclic) bond motifs is 4. The largest absolute Gasteiger partial charge is 0.480 e. The molecular formula is C15H15N3O. The van der Waals surface area contributed by atoms with Crippen LogP contribution >= 0.6 is 0 Å². The molecule has 4 nitrogen and oxygen atoms in total. The average molecular weight is 253 g/mol. The van der Waals surface area contributed by atoms with E-state index >= 15 is 0 Å². The number of hydrogen-bond donors (Lipinski definition) is 1. The van der Waals surface area contributed by atoms with E-state index in [1.165, 1.54) is 0 Å². The lowest BCUT2D eigenvalue weighted by atomic mass is 9.82. The van der Waals surface area contributed by atoms with Crippen LogP contribution in [0.25, 0.3) is 11.1 Å². The van der Waals surface area contributed by atoms with E-state index in [0.29, 0.717) is 0 Å². The van der Waals surface area contributed by atoms with Crippen molar-refractivity contribution in [2.45, 2.75) is 18.4 Å². The predicted molar refractivity (Wildman–Crippen MR) is 71.9 cm³/mol. The molecule has 1 fully saturated rings. The van der Waals surface area contributed by atoms with E-state index in [9.17, 15) is 0 Å². The van der Waals surface area contributed by atoms with Gasteiger partial charge in [0.25, 0.3) is 0 Å². The normalized spacial score (nSPS) is 19.4. The Morgan fingerprint density at radius 2 is 1.95 bits per heavy atom. The molecule has 3 heterocycles. The summed E-state index contributed by atoms with van der Waals surface area (Å²) in [5.74, 6) is 0.951.